The summed E-state index contributed by atoms with van der Waals surface area (Å²) >= 11 is 0. The summed E-state index contributed by atoms with van der Waals surface area (Å²) in [5, 5.41) is 8.25. The molecule has 1 aromatic heterocycles. The Morgan fingerprint density at radius 1 is 1.03 bits per heavy atom. The number of benzene rings is 2. The number of carbonyl (C=O) groups is 3. The highest BCUT2D eigenvalue weighted by Gasteiger charge is 2.14. The van der Waals surface area contributed by atoms with Gasteiger partial charge in [0.05, 0.1) is 7.11 Å². The fourth-order valence-electron chi connectivity index (χ4n) is 3.02. The van der Waals surface area contributed by atoms with Crippen LogP contribution in [0.4, 0.5) is 5.69 Å². The molecular formula is C26H26N4O4. The zero-order valence-corrected chi connectivity index (χ0v) is 18.9. The van der Waals surface area contributed by atoms with Crippen LogP contribution in [0.15, 0.2) is 79.1 Å². The Morgan fingerprint density at radius 3 is 2.47 bits per heavy atom. The second-order valence-electron chi connectivity index (χ2n) is 7.44. The summed E-state index contributed by atoms with van der Waals surface area (Å²) in [5.41, 5.74) is 2.75. The van der Waals surface area contributed by atoms with Crippen molar-refractivity contribution in [3.05, 3.63) is 95.8 Å². The van der Waals surface area contributed by atoms with Crippen LogP contribution in [0.2, 0.25) is 0 Å². The summed E-state index contributed by atoms with van der Waals surface area (Å²) < 4.78 is 5.10. The van der Waals surface area contributed by atoms with E-state index in [9.17, 15) is 14.4 Å². The maximum Gasteiger partial charge on any atom is 0.255 e. The Morgan fingerprint density at radius 2 is 1.76 bits per heavy atom. The van der Waals surface area contributed by atoms with Crippen molar-refractivity contribution in [1.82, 2.24) is 15.6 Å². The monoisotopic (exact) mass is 458 g/mol. The number of hydrogen-bond acceptors (Lipinski definition) is 5. The van der Waals surface area contributed by atoms with E-state index >= 15 is 0 Å². The normalized spacial score (nSPS) is 11.5. The smallest absolute Gasteiger partial charge is 0.255 e. The second kappa shape index (κ2) is 12.0. The molecule has 0 fully saturated rings. The lowest BCUT2D eigenvalue weighted by Gasteiger charge is -2.13. The van der Waals surface area contributed by atoms with E-state index in [0.717, 1.165) is 16.9 Å². The summed E-state index contributed by atoms with van der Waals surface area (Å²) in [6.45, 7) is 1.86. The van der Waals surface area contributed by atoms with Gasteiger partial charge in [0.2, 0.25) is 11.8 Å². The highest BCUT2D eigenvalue weighted by atomic mass is 16.5. The molecule has 3 amide bonds. The molecule has 0 aliphatic carbocycles. The van der Waals surface area contributed by atoms with Gasteiger partial charge in [0.1, 0.15) is 11.8 Å². The lowest BCUT2D eigenvalue weighted by atomic mass is 10.1. The van der Waals surface area contributed by atoms with Crippen LogP contribution in [0, 0.1) is 0 Å². The molecule has 3 N–H and O–H groups in total. The van der Waals surface area contributed by atoms with Crippen LogP contribution in [0.1, 0.15) is 28.4 Å². The minimum absolute atomic E-state index is 0.248. The molecule has 8 nitrogen and oxygen atoms in total. The van der Waals surface area contributed by atoms with Crippen LogP contribution < -0.4 is 20.7 Å². The number of nitrogens with one attached hydrogen (secondary N) is 3. The van der Waals surface area contributed by atoms with Gasteiger partial charge >= 0.3 is 0 Å². The van der Waals surface area contributed by atoms with Crippen molar-refractivity contribution in [2.45, 2.75) is 19.5 Å². The van der Waals surface area contributed by atoms with Gasteiger partial charge in [0.25, 0.3) is 5.91 Å². The molecule has 174 valence electrons. The maximum absolute atomic E-state index is 12.4. The third-order valence-electron chi connectivity index (χ3n) is 4.89. The highest BCUT2D eigenvalue weighted by Crippen LogP contribution is 2.13. The van der Waals surface area contributed by atoms with Crippen molar-refractivity contribution >= 4 is 29.5 Å². The third-order valence-corrected chi connectivity index (χ3v) is 4.89. The number of anilines is 1. The van der Waals surface area contributed by atoms with E-state index in [0.29, 0.717) is 11.3 Å². The molecule has 0 saturated carbocycles. The summed E-state index contributed by atoms with van der Waals surface area (Å²) in [4.78, 5) is 40.7. The molecule has 0 radical (unpaired) electrons. The molecule has 0 saturated heterocycles. The molecule has 0 aliphatic heterocycles. The Labute approximate surface area is 198 Å². The Kier molecular flexibility index (Phi) is 8.51. The van der Waals surface area contributed by atoms with Crippen LogP contribution in [0.25, 0.3) is 6.08 Å². The van der Waals surface area contributed by atoms with E-state index in [1.54, 1.807) is 75.0 Å². The lowest BCUT2D eigenvalue weighted by molar-refractivity contribution is -0.126. The zero-order chi connectivity index (χ0) is 24.3. The van der Waals surface area contributed by atoms with Crippen LogP contribution in [0.3, 0.4) is 0 Å². The first-order valence-electron chi connectivity index (χ1n) is 10.7. The average molecular weight is 459 g/mol. The van der Waals surface area contributed by atoms with Gasteiger partial charge in [-0.05, 0) is 60.5 Å². The van der Waals surface area contributed by atoms with Crippen molar-refractivity contribution in [3.8, 4) is 5.75 Å². The van der Waals surface area contributed by atoms with Crippen molar-refractivity contribution in [2.75, 3.05) is 12.4 Å². The molecule has 0 bridgehead atoms. The van der Waals surface area contributed by atoms with Crippen molar-refractivity contribution < 1.29 is 19.1 Å². The number of amides is 3. The topological polar surface area (TPSA) is 109 Å². The number of hydrogen-bond donors (Lipinski definition) is 3. The molecule has 1 unspecified atom stereocenters. The summed E-state index contributed by atoms with van der Waals surface area (Å²) in [7, 11) is 1.59. The molecule has 0 spiro atoms. The van der Waals surface area contributed by atoms with Crippen LogP contribution in [-0.2, 0) is 16.1 Å². The number of pyridine rings is 1. The molecule has 1 atom stereocenters. The first kappa shape index (κ1) is 24.2. The minimum atomic E-state index is -0.720. The molecule has 8 heteroatoms. The van der Waals surface area contributed by atoms with Gasteiger partial charge in [-0.15, -0.1) is 0 Å². The number of nitrogens with zero attached hydrogens (tertiary/aromatic N) is 1. The minimum Gasteiger partial charge on any atom is -0.497 e. The Bertz CT molecular complexity index is 1160. The van der Waals surface area contributed by atoms with E-state index in [1.807, 2.05) is 18.2 Å². The number of methoxy groups -OCH3 is 1. The molecule has 3 rings (SSSR count). The molecule has 1 heterocycles. The van der Waals surface area contributed by atoms with E-state index < -0.39 is 6.04 Å². The summed E-state index contributed by atoms with van der Waals surface area (Å²) in [6, 6.07) is 17.0. The first-order chi connectivity index (χ1) is 16.4. The van der Waals surface area contributed by atoms with Crippen molar-refractivity contribution in [1.29, 1.82) is 0 Å². The standard InChI is InChI=1S/C26H26N4O4/c1-18(29-24(31)11-8-19-6-9-23(34-2)10-7-19)25(32)28-17-20-4-3-5-22(16-20)30-26(33)21-12-14-27-15-13-21/h3-16,18H,17H2,1-2H3,(H,28,32)(H,29,31)(H,30,33)/b11-8+. The van der Waals surface area contributed by atoms with Gasteiger partial charge < -0.3 is 20.7 Å². The largest absolute Gasteiger partial charge is 0.497 e. The summed E-state index contributed by atoms with van der Waals surface area (Å²) in [5.74, 6) is -0.215. The van der Waals surface area contributed by atoms with Crippen LogP contribution in [-0.4, -0.2) is 35.9 Å². The molecule has 2 aromatic carbocycles. The summed E-state index contributed by atoms with van der Waals surface area (Å²) in [6.07, 6.45) is 6.14. The van der Waals surface area contributed by atoms with Gasteiger partial charge in [-0.1, -0.05) is 24.3 Å². The van der Waals surface area contributed by atoms with Crippen LogP contribution in [0.5, 0.6) is 5.75 Å². The molecule has 0 aliphatic rings. The van der Waals surface area contributed by atoms with E-state index in [-0.39, 0.29) is 24.3 Å². The predicted molar refractivity (Wildman–Crippen MR) is 130 cm³/mol. The molecule has 34 heavy (non-hydrogen) atoms. The van der Waals surface area contributed by atoms with Crippen molar-refractivity contribution in [3.63, 3.8) is 0 Å². The van der Waals surface area contributed by atoms with Crippen LogP contribution >= 0.6 is 0 Å². The number of ether oxygens (including phenoxy) is 1. The fraction of sp³-hybridized carbons (Fsp3) is 0.154. The number of rotatable bonds is 9. The highest BCUT2D eigenvalue weighted by molar-refractivity contribution is 6.04. The first-order valence-corrected chi connectivity index (χ1v) is 10.7. The average Bonchev–Trinajstić information content (AvgIpc) is 2.87. The van der Waals surface area contributed by atoms with E-state index in [2.05, 4.69) is 20.9 Å². The number of aromatic nitrogens is 1. The zero-order valence-electron chi connectivity index (χ0n) is 18.9. The van der Waals surface area contributed by atoms with Gasteiger partial charge in [0, 0.05) is 36.3 Å². The van der Waals surface area contributed by atoms with Gasteiger partial charge in [-0.25, -0.2) is 0 Å². The van der Waals surface area contributed by atoms with E-state index in [4.69, 9.17) is 4.74 Å². The third kappa shape index (κ3) is 7.30. The Balaban J connectivity index is 1.47. The Hall–Kier alpha value is -4.46. The molecular weight excluding hydrogens is 432 g/mol. The van der Waals surface area contributed by atoms with Crippen molar-refractivity contribution in [2.24, 2.45) is 0 Å². The molecule has 3 aromatic rings. The fourth-order valence-corrected chi connectivity index (χ4v) is 3.02. The SMILES string of the molecule is COc1ccc(/C=C/C(=O)NC(C)C(=O)NCc2cccc(NC(=O)c3ccncc3)c2)cc1. The lowest BCUT2D eigenvalue weighted by Crippen LogP contribution is -2.44. The number of carbonyl (C=O) groups excluding carboxylic acids is 3. The van der Waals surface area contributed by atoms with Gasteiger partial charge in [0.15, 0.2) is 0 Å². The quantitative estimate of drug-likeness (QED) is 0.427. The van der Waals surface area contributed by atoms with Gasteiger partial charge in [-0.2, -0.15) is 0 Å². The predicted octanol–water partition coefficient (Wildman–Crippen LogP) is 3.18. The van der Waals surface area contributed by atoms with E-state index in [1.165, 1.54) is 6.08 Å². The maximum atomic E-state index is 12.4. The second-order valence-corrected chi connectivity index (χ2v) is 7.44. The van der Waals surface area contributed by atoms with Gasteiger partial charge in [-0.3, -0.25) is 19.4 Å².